The Hall–Kier alpha value is -3.16. The van der Waals surface area contributed by atoms with E-state index >= 15 is 0 Å². The fourth-order valence-corrected chi connectivity index (χ4v) is 4.65. The summed E-state index contributed by atoms with van der Waals surface area (Å²) in [7, 11) is 0. The standard InChI is InChI=1S/C22H23FN4O3/c1-22(16-2-4-17(23)5-3-16)11-14-10-15(12-24-19(14)25-22)20(28)26-7-6-18(13-26)27-8-9-30-21(27)29/h2-5,10,12,18H,6-9,11,13H2,1H3,(H,24,25)/t18-,22?/m0/s1. The van der Waals surface area contributed by atoms with Gasteiger partial charge in [-0.3, -0.25) is 9.69 Å². The fourth-order valence-electron chi connectivity index (χ4n) is 4.65. The first-order valence-electron chi connectivity index (χ1n) is 10.2. The van der Waals surface area contributed by atoms with Crippen LogP contribution in [0, 0.1) is 5.82 Å². The Morgan fingerprint density at radius 2 is 2.10 bits per heavy atom. The molecule has 0 aliphatic carbocycles. The second kappa shape index (κ2) is 6.97. The number of aromatic nitrogens is 1. The zero-order valence-corrected chi connectivity index (χ0v) is 16.7. The predicted octanol–water partition coefficient (Wildman–Crippen LogP) is 2.77. The maximum absolute atomic E-state index is 13.3. The quantitative estimate of drug-likeness (QED) is 0.842. The second-order valence-electron chi connectivity index (χ2n) is 8.37. The van der Waals surface area contributed by atoms with Gasteiger partial charge in [0.1, 0.15) is 18.2 Å². The number of halogens is 1. The van der Waals surface area contributed by atoms with E-state index in [0.717, 1.165) is 23.4 Å². The summed E-state index contributed by atoms with van der Waals surface area (Å²) in [5.74, 6) is 0.406. The molecule has 2 saturated heterocycles. The summed E-state index contributed by atoms with van der Waals surface area (Å²) < 4.78 is 18.3. The van der Waals surface area contributed by atoms with Crippen molar-refractivity contribution < 1.29 is 18.7 Å². The number of nitrogens with one attached hydrogen (secondary N) is 1. The predicted molar refractivity (Wildman–Crippen MR) is 108 cm³/mol. The van der Waals surface area contributed by atoms with Crippen LogP contribution < -0.4 is 5.32 Å². The normalized spacial score (nSPS) is 25.3. The van der Waals surface area contributed by atoms with Crippen LogP contribution in [0.4, 0.5) is 15.0 Å². The summed E-state index contributed by atoms with van der Waals surface area (Å²) in [6.45, 7) is 4.16. The number of hydrogen-bond donors (Lipinski definition) is 1. The topological polar surface area (TPSA) is 74.8 Å². The highest BCUT2D eigenvalue weighted by atomic mass is 19.1. The van der Waals surface area contributed by atoms with Gasteiger partial charge in [0, 0.05) is 25.7 Å². The number of benzene rings is 1. The first kappa shape index (κ1) is 18.8. The van der Waals surface area contributed by atoms with Crippen molar-refractivity contribution in [2.75, 3.05) is 31.6 Å². The molecule has 2 aromatic rings. The molecule has 2 amide bonds. The summed E-state index contributed by atoms with van der Waals surface area (Å²) in [6, 6.07) is 8.35. The van der Waals surface area contributed by atoms with Gasteiger partial charge >= 0.3 is 6.09 Å². The molecule has 7 nitrogen and oxygen atoms in total. The van der Waals surface area contributed by atoms with Crippen molar-refractivity contribution in [1.29, 1.82) is 0 Å². The maximum Gasteiger partial charge on any atom is 0.410 e. The fraction of sp³-hybridized carbons (Fsp3) is 0.409. The number of cyclic esters (lactones) is 1. The van der Waals surface area contributed by atoms with Gasteiger partial charge in [0.2, 0.25) is 0 Å². The van der Waals surface area contributed by atoms with E-state index in [1.165, 1.54) is 12.1 Å². The second-order valence-corrected chi connectivity index (χ2v) is 8.37. The van der Waals surface area contributed by atoms with E-state index in [4.69, 9.17) is 4.74 Å². The minimum atomic E-state index is -0.403. The van der Waals surface area contributed by atoms with Crippen molar-refractivity contribution >= 4 is 17.8 Å². The first-order chi connectivity index (χ1) is 14.4. The number of nitrogens with zero attached hydrogens (tertiary/aromatic N) is 3. The number of carbonyl (C=O) groups is 2. The van der Waals surface area contributed by atoms with Gasteiger partial charge in [-0.15, -0.1) is 0 Å². The molecule has 1 aromatic heterocycles. The summed E-state index contributed by atoms with van der Waals surface area (Å²) in [4.78, 5) is 32.8. The number of likely N-dealkylation sites (tertiary alicyclic amines) is 1. The van der Waals surface area contributed by atoms with Gasteiger partial charge in [-0.1, -0.05) is 12.1 Å². The number of hydrogen-bond acceptors (Lipinski definition) is 5. The zero-order valence-electron chi connectivity index (χ0n) is 16.7. The first-order valence-corrected chi connectivity index (χ1v) is 10.2. The van der Waals surface area contributed by atoms with Gasteiger partial charge in [-0.05, 0) is 42.7 Å². The van der Waals surface area contributed by atoms with Gasteiger partial charge in [0.15, 0.2) is 0 Å². The van der Waals surface area contributed by atoms with Gasteiger partial charge in [0.25, 0.3) is 5.91 Å². The molecule has 0 bridgehead atoms. The molecule has 3 aliphatic heterocycles. The molecular formula is C22H23FN4O3. The van der Waals surface area contributed by atoms with E-state index in [9.17, 15) is 14.0 Å². The molecule has 5 rings (SSSR count). The third-order valence-electron chi connectivity index (χ3n) is 6.32. The average Bonchev–Trinajstić information content (AvgIpc) is 3.45. The maximum atomic E-state index is 13.3. The van der Waals surface area contributed by atoms with E-state index in [2.05, 4.69) is 10.3 Å². The number of carbonyl (C=O) groups excluding carboxylic acids is 2. The Bertz CT molecular complexity index is 1010. The molecule has 1 aromatic carbocycles. The van der Waals surface area contributed by atoms with Crippen molar-refractivity contribution in [3.05, 3.63) is 59.0 Å². The van der Waals surface area contributed by atoms with E-state index in [1.54, 1.807) is 28.1 Å². The number of ether oxygens (including phenoxy) is 1. The van der Waals surface area contributed by atoms with E-state index in [0.29, 0.717) is 38.2 Å². The summed E-state index contributed by atoms with van der Waals surface area (Å²) in [6.07, 6.45) is 2.72. The molecule has 2 fully saturated rings. The Balaban J connectivity index is 1.31. The molecule has 156 valence electrons. The van der Waals surface area contributed by atoms with E-state index in [1.807, 2.05) is 13.0 Å². The third-order valence-corrected chi connectivity index (χ3v) is 6.32. The molecule has 1 N–H and O–H groups in total. The highest BCUT2D eigenvalue weighted by Gasteiger charge is 2.38. The van der Waals surface area contributed by atoms with Crippen LogP contribution in [0.15, 0.2) is 36.5 Å². The van der Waals surface area contributed by atoms with E-state index < -0.39 is 5.54 Å². The molecule has 0 saturated carbocycles. The SMILES string of the molecule is CC1(c2ccc(F)cc2)Cc2cc(C(=O)N3CC[C@H](N4CCOC4=O)C3)cnc2N1. The van der Waals surface area contributed by atoms with E-state index in [-0.39, 0.29) is 23.9 Å². The summed E-state index contributed by atoms with van der Waals surface area (Å²) >= 11 is 0. The van der Waals surface area contributed by atoms with Crippen molar-refractivity contribution in [3.8, 4) is 0 Å². The number of fused-ring (bicyclic) bond motifs is 1. The lowest BCUT2D eigenvalue weighted by molar-refractivity contribution is 0.0779. The number of anilines is 1. The summed E-state index contributed by atoms with van der Waals surface area (Å²) in [5, 5.41) is 3.41. The van der Waals surface area contributed by atoms with Crippen molar-refractivity contribution in [3.63, 3.8) is 0 Å². The van der Waals surface area contributed by atoms with Crippen molar-refractivity contribution in [1.82, 2.24) is 14.8 Å². The molecule has 3 aliphatic rings. The Morgan fingerprint density at radius 1 is 1.30 bits per heavy atom. The smallest absolute Gasteiger partial charge is 0.410 e. The summed E-state index contributed by atoms with van der Waals surface area (Å²) in [5.41, 5.74) is 2.07. The number of rotatable bonds is 3. The molecule has 2 atom stereocenters. The van der Waals surface area contributed by atoms with Crippen LogP contribution in [0.3, 0.4) is 0 Å². The molecule has 0 spiro atoms. The van der Waals surface area contributed by atoms with Crippen LogP contribution in [-0.4, -0.2) is 59.1 Å². The minimum absolute atomic E-state index is 0.00905. The van der Waals surface area contributed by atoms with Crippen LogP contribution >= 0.6 is 0 Å². The van der Waals surface area contributed by atoms with Crippen LogP contribution in [0.1, 0.15) is 34.8 Å². The third kappa shape index (κ3) is 3.16. The lowest BCUT2D eigenvalue weighted by Crippen LogP contribution is -2.39. The molecule has 30 heavy (non-hydrogen) atoms. The Labute approximate surface area is 173 Å². The molecule has 1 unspecified atom stereocenters. The van der Waals surface area contributed by atoms with Gasteiger partial charge in [-0.2, -0.15) is 0 Å². The van der Waals surface area contributed by atoms with Crippen LogP contribution in [0.25, 0.3) is 0 Å². The van der Waals surface area contributed by atoms with Crippen LogP contribution in [0.2, 0.25) is 0 Å². The minimum Gasteiger partial charge on any atom is -0.448 e. The monoisotopic (exact) mass is 410 g/mol. The number of pyridine rings is 1. The van der Waals surface area contributed by atoms with Crippen LogP contribution in [0.5, 0.6) is 0 Å². The highest BCUT2D eigenvalue weighted by Crippen LogP contribution is 2.38. The Kier molecular flexibility index (Phi) is 4.38. The molecule has 4 heterocycles. The molecule has 8 heteroatoms. The lowest BCUT2D eigenvalue weighted by Gasteiger charge is -2.25. The van der Waals surface area contributed by atoms with Crippen molar-refractivity contribution in [2.45, 2.75) is 31.3 Å². The van der Waals surface area contributed by atoms with Crippen LogP contribution in [-0.2, 0) is 16.7 Å². The van der Waals surface area contributed by atoms with Gasteiger partial charge < -0.3 is 15.0 Å². The molecular weight excluding hydrogens is 387 g/mol. The zero-order chi connectivity index (χ0) is 20.9. The van der Waals surface area contributed by atoms with Crippen molar-refractivity contribution in [2.24, 2.45) is 0 Å². The lowest BCUT2D eigenvalue weighted by atomic mass is 9.89. The molecule has 0 radical (unpaired) electrons. The van der Waals surface area contributed by atoms with Gasteiger partial charge in [0.05, 0.1) is 23.7 Å². The Morgan fingerprint density at radius 3 is 2.83 bits per heavy atom. The van der Waals surface area contributed by atoms with Gasteiger partial charge in [-0.25, -0.2) is 14.2 Å². The number of amides is 2. The largest absolute Gasteiger partial charge is 0.448 e. The average molecular weight is 410 g/mol. The highest BCUT2D eigenvalue weighted by molar-refractivity contribution is 5.94.